The number of primary amides is 1. The van der Waals surface area contributed by atoms with Crippen LogP contribution >= 0.6 is 11.6 Å². The number of halogens is 1. The van der Waals surface area contributed by atoms with Gasteiger partial charge in [-0.05, 0) is 18.6 Å². The van der Waals surface area contributed by atoms with Crippen molar-refractivity contribution in [2.24, 2.45) is 11.5 Å². The van der Waals surface area contributed by atoms with Gasteiger partial charge in [0.25, 0.3) is 0 Å². The van der Waals surface area contributed by atoms with Crippen LogP contribution < -0.4 is 11.5 Å². The van der Waals surface area contributed by atoms with Gasteiger partial charge < -0.3 is 11.5 Å². The van der Waals surface area contributed by atoms with Crippen molar-refractivity contribution in [3.8, 4) is 0 Å². The first kappa shape index (κ1) is 10.0. The first-order valence-corrected chi connectivity index (χ1v) is 4.18. The molecule has 0 aromatic heterocycles. The molecule has 0 spiro atoms. The molecular formula is C9H11ClN2O. The largest absolute Gasteiger partial charge is 0.368 e. The van der Waals surface area contributed by atoms with Crippen molar-refractivity contribution < 1.29 is 4.79 Å². The minimum Gasteiger partial charge on any atom is -0.368 e. The van der Waals surface area contributed by atoms with Crippen molar-refractivity contribution in [1.29, 1.82) is 0 Å². The third-order valence-corrected chi connectivity index (χ3v) is 2.27. The van der Waals surface area contributed by atoms with E-state index in [9.17, 15) is 4.79 Å². The van der Waals surface area contributed by atoms with Crippen molar-refractivity contribution in [1.82, 2.24) is 0 Å². The summed E-state index contributed by atoms with van der Waals surface area (Å²) in [6.45, 7) is 1.54. The molecule has 0 aliphatic rings. The van der Waals surface area contributed by atoms with Crippen molar-refractivity contribution >= 4 is 17.5 Å². The van der Waals surface area contributed by atoms with Crippen LogP contribution in [0, 0.1) is 0 Å². The molecule has 0 heterocycles. The molecule has 0 aliphatic carbocycles. The van der Waals surface area contributed by atoms with Crippen LogP contribution in [0.4, 0.5) is 0 Å². The Balaban J connectivity index is 3.22. The number of carbonyl (C=O) groups is 1. The highest BCUT2D eigenvalue weighted by Gasteiger charge is 2.29. The predicted octanol–water partition coefficient (Wildman–Crippen LogP) is 0.999. The summed E-state index contributed by atoms with van der Waals surface area (Å²) in [4.78, 5) is 11.0. The summed E-state index contributed by atoms with van der Waals surface area (Å²) in [5.41, 5.74) is 10.2. The Hall–Kier alpha value is -1.06. The topological polar surface area (TPSA) is 69.1 Å². The van der Waals surface area contributed by atoms with Gasteiger partial charge in [-0.3, -0.25) is 4.79 Å². The number of rotatable bonds is 2. The van der Waals surface area contributed by atoms with E-state index in [1.54, 1.807) is 24.3 Å². The van der Waals surface area contributed by atoms with Gasteiger partial charge in [0.15, 0.2) is 0 Å². The van der Waals surface area contributed by atoms with Crippen LogP contribution in [0.2, 0.25) is 5.02 Å². The van der Waals surface area contributed by atoms with Gasteiger partial charge in [-0.15, -0.1) is 0 Å². The third-order valence-electron chi connectivity index (χ3n) is 1.95. The van der Waals surface area contributed by atoms with E-state index >= 15 is 0 Å². The number of nitrogens with two attached hydrogens (primary N) is 2. The fraction of sp³-hybridized carbons (Fsp3) is 0.222. The zero-order valence-electron chi connectivity index (χ0n) is 7.25. The van der Waals surface area contributed by atoms with Crippen molar-refractivity contribution in [2.75, 3.05) is 0 Å². The molecule has 13 heavy (non-hydrogen) atoms. The summed E-state index contributed by atoms with van der Waals surface area (Å²) in [6.07, 6.45) is 0. The van der Waals surface area contributed by atoms with Gasteiger partial charge in [0.1, 0.15) is 5.54 Å². The number of hydrogen-bond donors (Lipinski definition) is 2. The molecule has 0 saturated heterocycles. The molecule has 1 atom stereocenters. The summed E-state index contributed by atoms with van der Waals surface area (Å²) < 4.78 is 0. The molecule has 1 aromatic rings. The maximum absolute atomic E-state index is 11.0. The van der Waals surface area contributed by atoms with Crippen LogP contribution in [0.25, 0.3) is 0 Å². The molecule has 0 saturated carbocycles. The summed E-state index contributed by atoms with van der Waals surface area (Å²) in [7, 11) is 0. The lowest BCUT2D eigenvalue weighted by atomic mass is 9.93. The third kappa shape index (κ3) is 1.82. The van der Waals surface area contributed by atoms with Crippen LogP contribution in [0.3, 0.4) is 0 Å². The highest BCUT2D eigenvalue weighted by molar-refractivity contribution is 6.31. The molecule has 0 fully saturated rings. The lowest BCUT2D eigenvalue weighted by molar-refractivity contribution is -0.122. The Morgan fingerprint density at radius 1 is 1.46 bits per heavy atom. The number of amides is 1. The molecule has 0 bridgehead atoms. The second kappa shape index (κ2) is 3.36. The van der Waals surface area contributed by atoms with E-state index in [0.717, 1.165) is 0 Å². The van der Waals surface area contributed by atoms with Crippen LogP contribution in [0.15, 0.2) is 24.3 Å². The average Bonchev–Trinajstić information content (AvgIpc) is 2.04. The summed E-state index contributed by atoms with van der Waals surface area (Å²) >= 11 is 5.87. The van der Waals surface area contributed by atoms with E-state index in [0.29, 0.717) is 10.6 Å². The summed E-state index contributed by atoms with van der Waals surface area (Å²) in [5.74, 6) is -0.597. The molecular weight excluding hydrogens is 188 g/mol. The molecule has 0 unspecified atom stereocenters. The van der Waals surface area contributed by atoms with Crippen molar-refractivity contribution in [3.63, 3.8) is 0 Å². The molecule has 1 rings (SSSR count). The van der Waals surface area contributed by atoms with E-state index < -0.39 is 11.4 Å². The van der Waals surface area contributed by atoms with Crippen molar-refractivity contribution in [3.05, 3.63) is 34.9 Å². The molecule has 4 N–H and O–H groups in total. The minimum absolute atomic E-state index is 0.450. The van der Waals surface area contributed by atoms with Gasteiger partial charge in [0.2, 0.25) is 5.91 Å². The summed E-state index contributed by atoms with van der Waals surface area (Å²) in [6, 6.07) is 6.89. The Bertz CT molecular complexity index is 336. The molecule has 4 heteroatoms. The van der Waals surface area contributed by atoms with Crippen LogP contribution in [0.5, 0.6) is 0 Å². The second-order valence-electron chi connectivity index (χ2n) is 3.05. The zero-order chi connectivity index (χ0) is 10.1. The fourth-order valence-electron chi connectivity index (χ4n) is 1.02. The average molecular weight is 199 g/mol. The van der Waals surface area contributed by atoms with Gasteiger partial charge >= 0.3 is 0 Å². The Morgan fingerprint density at radius 2 is 2.00 bits per heavy atom. The quantitative estimate of drug-likeness (QED) is 0.745. The van der Waals surface area contributed by atoms with Crippen LogP contribution in [-0.4, -0.2) is 5.91 Å². The molecule has 0 aliphatic heterocycles. The summed E-state index contributed by atoms with van der Waals surface area (Å²) in [5, 5.41) is 0.450. The fourth-order valence-corrected chi connectivity index (χ4v) is 1.35. The maximum atomic E-state index is 11.0. The highest BCUT2D eigenvalue weighted by atomic mass is 35.5. The van der Waals surface area contributed by atoms with E-state index in [-0.39, 0.29) is 0 Å². The standard InChI is InChI=1S/C9H11ClN2O/c1-9(12,8(11)13)6-4-2-3-5-7(6)10/h2-5H,12H2,1H3,(H2,11,13)/t9-/m1/s1. The van der Waals surface area contributed by atoms with Gasteiger partial charge in [0.05, 0.1) is 0 Å². The van der Waals surface area contributed by atoms with E-state index in [2.05, 4.69) is 0 Å². The Labute approximate surface area is 81.7 Å². The van der Waals surface area contributed by atoms with Crippen LogP contribution in [-0.2, 0) is 10.3 Å². The monoisotopic (exact) mass is 198 g/mol. The molecule has 3 nitrogen and oxygen atoms in total. The lowest BCUT2D eigenvalue weighted by Gasteiger charge is -2.21. The normalized spacial score (nSPS) is 15.0. The molecule has 0 radical (unpaired) electrons. The van der Waals surface area contributed by atoms with E-state index in [1.165, 1.54) is 6.92 Å². The van der Waals surface area contributed by atoms with Gasteiger partial charge in [-0.25, -0.2) is 0 Å². The Kier molecular flexibility index (Phi) is 2.59. The number of hydrogen-bond acceptors (Lipinski definition) is 2. The first-order valence-electron chi connectivity index (χ1n) is 3.80. The molecule has 1 aromatic carbocycles. The second-order valence-corrected chi connectivity index (χ2v) is 3.45. The predicted molar refractivity (Wildman–Crippen MR) is 52.2 cm³/mol. The Morgan fingerprint density at radius 3 is 2.46 bits per heavy atom. The van der Waals surface area contributed by atoms with Gasteiger partial charge in [-0.1, -0.05) is 29.8 Å². The number of carbonyl (C=O) groups excluding carboxylic acids is 1. The minimum atomic E-state index is -1.21. The smallest absolute Gasteiger partial charge is 0.241 e. The van der Waals surface area contributed by atoms with Crippen molar-refractivity contribution in [2.45, 2.75) is 12.5 Å². The first-order chi connectivity index (χ1) is 5.96. The lowest BCUT2D eigenvalue weighted by Crippen LogP contribution is -2.46. The number of benzene rings is 1. The van der Waals surface area contributed by atoms with E-state index in [1.807, 2.05) is 0 Å². The van der Waals surface area contributed by atoms with E-state index in [4.69, 9.17) is 23.1 Å². The highest BCUT2D eigenvalue weighted by Crippen LogP contribution is 2.25. The molecule has 1 amide bonds. The maximum Gasteiger partial charge on any atom is 0.241 e. The van der Waals surface area contributed by atoms with Gasteiger partial charge in [0, 0.05) is 5.02 Å². The molecule has 70 valence electrons. The zero-order valence-corrected chi connectivity index (χ0v) is 8.01. The SMILES string of the molecule is C[C@](N)(C(N)=O)c1ccccc1Cl. The van der Waals surface area contributed by atoms with Gasteiger partial charge in [-0.2, -0.15) is 0 Å². The van der Waals surface area contributed by atoms with Crippen LogP contribution in [0.1, 0.15) is 12.5 Å².